The first kappa shape index (κ1) is 4.99. The number of ketones is 1. The quantitative estimate of drug-likeness (QED) is 0.767. The van der Waals surface area contributed by atoms with E-state index in [2.05, 4.69) is 0 Å². The Hall–Kier alpha value is -1.55. The zero-order chi connectivity index (χ0) is 16.1. The van der Waals surface area contributed by atoms with Crippen molar-refractivity contribution in [2.75, 3.05) is 13.7 Å². The van der Waals surface area contributed by atoms with E-state index >= 15 is 0 Å². The predicted molar refractivity (Wildman–Crippen MR) is 55.4 cm³/mol. The maximum Gasteiger partial charge on any atom is 0.231 e. The van der Waals surface area contributed by atoms with Crippen molar-refractivity contribution >= 4 is 5.78 Å². The molecular weight excluding hydrogens is 194 g/mol. The number of ether oxygens (including phenoxy) is 2. The minimum atomic E-state index is -2.64. The number of likely N-dealkylation sites (N-methyl/N-ethyl adjacent to an activating group) is 1. The normalized spacial score (nSPS) is 27.3. The summed E-state index contributed by atoms with van der Waals surface area (Å²) in [6.45, 7) is -3.82. The number of hydrogen-bond acceptors (Lipinski definition) is 4. The number of Topliss-reactive ketones (excluding diaryl/α,β-unsaturated/α-hetero) is 1. The van der Waals surface area contributed by atoms with E-state index in [0.29, 0.717) is 0 Å². The van der Waals surface area contributed by atoms with E-state index in [4.69, 9.17) is 17.7 Å². The summed E-state index contributed by atoms with van der Waals surface area (Å²) in [4.78, 5) is 12.2. The lowest BCUT2D eigenvalue weighted by atomic mass is 10.1. The van der Waals surface area contributed by atoms with Crippen molar-refractivity contribution in [1.29, 1.82) is 0 Å². The van der Waals surface area contributed by atoms with E-state index in [0.717, 1.165) is 6.92 Å². The molecule has 2 rings (SSSR count). The number of carbonyl (C=O) groups excluding carboxylic acids is 1. The smallest absolute Gasteiger partial charge is 0.231 e. The highest BCUT2D eigenvalue weighted by atomic mass is 16.7. The highest BCUT2D eigenvalue weighted by Crippen LogP contribution is 2.32. The molecule has 4 nitrogen and oxygen atoms in total. The third-order valence-corrected chi connectivity index (χ3v) is 2.04. The van der Waals surface area contributed by atoms with E-state index in [1.165, 1.54) is 18.2 Å². The fourth-order valence-electron chi connectivity index (χ4n) is 1.20. The Bertz CT molecular complexity index is 584. The maximum absolute atomic E-state index is 12.2. The zero-order valence-corrected chi connectivity index (χ0v) is 7.96. The second kappa shape index (κ2) is 3.90. The average Bonchev–Trinajstić information content (AvgIpc) is 2.57. The first-order valence-corrected chi connectivity index (χ1v) is 4.26. The van der Waals surface area contributed by atoms with E-state index in [9.17, 15) is 4.79 Å². The molecule has 0 radical (unpaired) electrons. The van der Waals surface area contributed by atoms with Crippen LogP contribution in [-0.2, 0) is 0 Å². The molecule has 0 spiro atoms. The van der Waals surface area contributed by atoms with Crippen LogP contribution in [0.15, 0.2) is 18.2 Å². The molecule has 4 heteroatoms. The molecule has 0 saturated heterocycles. The van der Waals surface area contributed by atoms with E-state index in [1.54, 1.807) is 0 Å². The van der Waals surface area contributed by atoms with E-state index in [-0.39, 0.29) is 17.1 Å². The van der Waals surface area contributed by atoms with Gasteiger partial charge in [-0.3, -0.25) is 4.79 Å². The molecule has 1 aromatic rings. The lowest BCUT2D eigenvalue weighted by Crippen LogP contribution is -2.30. The van der Waals surface area contributed by atoms with Crippen LogP contribution in [0.25, 0.3) is 0 Å². The summed E-state index contributed by atoms with van der Waals surface area (Å²) in [5.41, 5.74) is 0.0179. The highest BCUT2D eigenvalue weighted by Gasteiger charge is 2.18. The van der Waals surface area contributed by atoms with Gasteiger partial charge in [-0.05, 0) is 32.1 Å². The van der Waals surface area contributed by atoms with Gasteiger partial charge in [0.15, 0.2) is 17.3 Å². The van der Waals surface area contributed by atoms with Gasteiger partial charge in [-0.2, -0.15) is 0 Å². The number of benzene rings is 1. The highest BCUT2D eigenvalue weighted by molar-refractivity contribution is 6.00. The first-order chi connectivity index (χ1) is 9.40. The minimum absolute atomic E-state index is 0.0179. The lowest BCUT2D eigenvalue weighted by molar-refractivity contribution is 0.0954. The topological polar surface area (TPSA) is 47.6 Å². The van der Waals surface area contributed by atoms with Crippen molar-refractivity contribution in [3.63, 3.8) is 0 Å². The van der Waals surface area contributed by atoms with Gasteiger partial charge in [0.25, 0.3) is 0 Å². The lowest BCUT2D eigenvalue weighted by Gasteiger charge is -2.09. The number of nitrogens with one attached hydrogen (secondary N) is 1. The van der Waals surface area contributed by atoms with E-state index in [1.807, 2.05) is 5.32 Å². The molecule has 1 aromatic carbocycles. The summed E-state index contributed by atoms with van der Waals surface area (Å²) in [7, 11) is 0. The van der Waals surface area contributed by atoms with Crippen LogP contribution < -0.4 is 14.8 Å². The van der Waals surface area contributed by atoms with Crippen LogP contribution in [-0.4, -0.2) is 25.5 Å². The summed E-state index contributed by atoms with van der Waals surface area (Å²) in [5.74, 6) is -0.625. The van der Waals surface area contributed by atoms with Crippen LogP contribution in [0.3, 0.4) is 0 Å². The van der Waals surface area contributed by atoms with Gasteiger partial charge in [0.2, 0.25) is 6.75 Å². The second-order valence-corrected chi connectivity index (χ2v) is 3.03. The molecule has 0 aromatic heterocycles. The number of hydrogen-bond donors (Lipinski definition) is 1. The number of carbonyl (C=O) groups is 1. The molecule has 0 fully saturated rings. The maximum atomic E-state index is 12.2. The molecule has 15 heavy (non-hydrogen) atoms. The molecule has 1 unspecified atom stereocenters. The van der Waals surface area contributed by atoms with Gasteiger partial charge in [0.05, 0.1) is 7.39 Å². The third-order valence-electron chi connectivity index (χ3n) is 2.04. The molecule has 0 saturated carbocycles. The zero-order valence-electron chi connectivity index (χ0n) is 14.0. The summed E-state index contributed by atoms with van der Waals surface area (Å²) < 4.78 is 53.4. The molecule has 1 heterocycles. The molecule has 1 aliphatic heterocycles. The Morgan fingerprint density at radius 1 is 1.67 bits per heavy atom. The van der Waals surface area contributed by atoms with Crippen molar-refractivity contribution in [2.45, 2.75) is 12.9 Å². The molecule has 0 amide bonds. The Balaban J connectivity index is 2.26. The van der Waals surface area contributed by atoms with Crippen LogP contribution in [0.1, 0.15) is 25.5 Å². The molecule has 0 bridgehead atoms. The molecule has 80 valence electrons. The summed E-state index contributed by atoms with van der Waals surface area (Å²) in [6.07, 6.45) is 0. The summed E-state index contributed by atoms with van der Waals surface area (Å²) in [6, 6.07) is 1.81. The predicted octanol–water partition coefficient (Wildman–Crippen LogP) is 1.21. The molecule has 0 aliphatic carbocycles. The number of rotatable bonds is 3. The minimum Gasteiger partial charge on any atom is -0.454 e. The van der Waals surface area contributed by atoms with Crippen LogP contribution in [0.4, 0.5) is 0 Å². The Morgan fingerprint density at radius 2 is 2.47 bits per heavy atom. The van der Waals surface area contributed by atoms with Crippen LogP contribution >= 0.6 is 0 Å². The molecular formula is C11H13NO3. The Labute approximate surface area is 96.6 Å². The number of fused-ring (bicyclic) bond motifs is 1. The van der Waals surface area contributed by atoms with Crippen LogP contribution in [0.5, 0.6) is 11.5 Å². The largest absolute Gasteiger partial charge is 0.454 e. The third kappa shape index (κ3) is 1.80. The second-order valence-electron chi connectivity index (χ2n) is 3.03. The molecule has 1 aliphatic rings. The first-order valence-electron chi connectivity index (χ1n) is 7.26. The van der Waals surface area contributed by atoms with Gasteiger partial charge in [0.1, 0.15) is 2.74 Å². The Kier molecular flexibility index (Phi) is 1.30. The van der Waals surface area contributed by atoms with Crippen molar-refractivity contribution in [1.82, 2.24) is 5.32 Å². The van der Waals surface area contributed by atoms with Gasteiger partial charge < -0.3 is 14.8 Å². The average molecular weight is 213 g/mol. The SMILES string of the molecule is [2H]C([2H])([2H])NC([2H])(C)C(=O)c1ccc2c(c1)OC([2H])([2H])O2. The van der Waals surface area contributed by atoms with Crippen LogP contribution in [0, 0.1) is 0 Å². The van der Waals surface area contributed by atoms with Crippen molar-refractivity contribution in [2.24, 2.45) is 0 Å². The summed E-state index contributed by atoms with van der Waals surface area (Å²) >= 11 is 0. The van der Waals surface area contributed by atoms with Gasteiger partial charge in [0, 0.05) is 9.68 Å². The fourth-order valence-corrected chi connectivity index (χ4v) is 1.20. The fraction of sp³-hybridized carbons (Fsp3) is 0.364. The molecule has 1 N–H and O–H groups in total. The van der Waals surface area contributed by atoms with Crippen molar-refractivity contribution < 1.29 is 22.5 Å². The van der Waals surface area contributed by atoms with Gasteiger partial charge in [-0.1, -0.05) is 0 Å². The van der Waals surface area contributed by atoms with Crippen molar-refractivity contribution in [3.05, 3.63) is 23.8 Å². The van der Waals surface area contributed by atoms with Gasteiger partial charge >= 0.3 is 0 Å². The van der Waals surface area contributed by atoms with E-state index < -0.39 is 25.5 Å². The van der Waals surface area contributed by atoms with Crippen LogP contribution in [0.2, 0.25) is 0 Å². The van der Waals surface area contributed by atoms with Crippen molar-refractivity contribution in [3.8, 4) is 11.5 Å². The monoisotopic (exact) mass is 213 g/mol. The Morgan fingerprint density at radius 3 is 3.27 bits per heavy atom. The van der Waals surface area contributed by atoms with Gasteiger partial charge in [-0.15, -0.1) is 0 Å². The standard InChI is InChI=1S/C11H13NO3/c1-7(12-2)11(13)8-3-4-9-10(5-8)15-6-14-9/h3-5,7,12H,6H2,1-2H3/i2D3,6D2,7D. The molecule has 1 atom stereocenters. The van der Waals surface area contributed by atoms with Gasteiger partial charge in [-0.25, -0.2) is 0 Å². The summed E-state index contributed by atoms with van der Waals surface area (Å²) in [5, 5.41) is 1.95.